The van der Waals surface area contributed by atoms with Crippen LogP contribution in [0.2, 0.25) is 10.0 Å². The Kier molecular flexibility index (Phi) is 5.67. The average Bonchev–Trinajstić information content (AvgIpc) is 2.89. The van der Waals surface area contributed by atoms with Crippen molar-refractivity contribution in [3.05, 3.63) is 28.2 Å². The van der Waals surface area contributed by atoms with Gasteiger partial charge in [-0.2, -0.15) is 0 Å². The number of carbonyl (C=O) groups excluding carboxylic acids is 1. The predicted molar refractivity (Wildman–Crippen MR) is 92.2 cm³/mol. The second-order valence-corrected chi connectivity index (χ2v) is 7.13. The molecule has 23 heavy (non-hydrogen) atoms. The van der Waals surface area contributed by atoms with E-state index in [1.807, 2.05) is 4.90 Å². The van der Waals surface area contributed by atoms with Crippen molar-refractivity contribution >= 4 is 29.1 Å². The molecule has 1 N–H and O–H groups in total. The lowest BCUT2D eigenvalue weighted by Crippen LogP contribution is -2.33. The second kappa shape index (κ2) is 7.73. The van der Waals surface area contributed by atoms with Crippen molar-refractivity contribution in [1.29, 1.82) is 0 Å². The number of ether oxygens (including phenoxy) is 1. The number of amides is 1. The molecule has 0 unspecified atom stereocenters. The molecule has 0 spiro atoms. The molecule has 4 nitrogen and oxygen atoms in total. The summed E-state index contributed by atoms with van der Waals surface area (Å²) in [4.78, 5) is 14.4. The first-order chi connectivity index (χ1) is 11.1. The fourth-order valence-electron chi connectivity index (χ4n) is 3.45. The number of nitrogens with one attached hydrogen (secondary N) is 1. The van der Waals surface area contributed by atoms with Gasteiger partial charge in [-0.25, -0.2) is 0 Å². The fourth-order valence-corrected chi connectivity index (χ4v) is 3.74. The van der Waals surface area contributed by atoms with Crippen LogP contribution in [0.1, 0.15) is 19.3 Å². The summed E-state index contributed by atoms with van der Waals surface area (Å²) in [5, 5.41) is 4.41. The fraction of sp³-hybridized carbons (Fsp3) is 0.588. The van der Waals surface area contributed by atoms with Crippen molar-refractivity contribution in [1.82, 2.24) is 10.2 Å². The topological polar surface area (TPSA) is 41.6 Å². The molecule has 2 saturated heterocycles. The number of hydrogen-bond acceptors (Lipinski definition) is 3. The van der Waals surface area contributed by atoms with E-state index in [0.29, 0.717) is 28.8 Å². The molecular weight excluding hydrogens is 335 g/mol. The van der Waals surface area contributed by atoms with E-state index in [9.17, 15) is 4.79 Å². The van der Waals surface area contributed by atoms with Crippen LogP contribution in [0, 0.1) is 11.8 Å². The molecule has 2 aliphatic heterocycles. The highest BCUT2D eigenvalue weighted by Crippen LogP contribution is 2.28. The van der Waals surface area contributed by atoms with Gasteiger partial charge in [0.05, 0.1) is 23.1 Å². The first-order valence-corrected chi connectivity index (χ1v) is 8.95. The van der Waals surface area contributed by atoms with Gasteiger partial charge in [-0.1, -0.05) is 23.2 Å². The molecular formula is C17H22Cl2N2O2. The lowest BCUT2D eigenvalue weighted by molar-refractivity contribution is -0.131. The average molecular weight is 357 g/mol. The highest BCUT2D eigenvalue weighted by molar-refractivity contribution is 6.42. The molecule has 3 rings (SSSR count). The predicted octanol–water partition coefficient (Wildman–Crippen LogP) is 3.22. The molecule has 0 aromatic heterocycles. The van der Waals surface area contributed by atoms with Gasteiger partial charge in [-0.3, -0.25) is 4.79 Å². The number of likely N-dealkylation sites (tertiary alicyclic amines) is 1. The van der Waals surface area contributed by atoms with Crippen LogP contribution in [0.4, 0.5) is 0 Å². The minimum Gasteiger partial charge on any atom is -0.493 e. The van der Waals surface area contributed by atoms with Gasteiger partial charge < -0.3 is 15.0 Å². The molecule has 0 saturated carbocycles. The Morgan fingerprint density at radius 3 is 2.52 bits per heavy atom. The summed E-state index contributed by atoms with van der Waals surface area (Å²) in [7, 11) is 0. The molecule has 2 heterocycles. The standard InChI is InChI=1S/C17H22Cl2N2O2/c18-15-2-1-14(9-16(15)19)23-8-5-17(22)21-6-3-12-10-20-11-13(12)4-7-21/h1-2,9,12-13,20H,3-8,10-11H2/t12-,13+. The van der Waals surface area contributed by atoms with E-state index in [1.54, 1.807) is 18.2 Å². The molecule has 0 radical (unpaired) electrons. The summed E-state index contributed by atoms with van der Waals surface area (Å²) in [6.45, 7) is 4.31. The van der Waals surface area contributed by atoms with Crippen LogP contribution in [0.5, 0.6) is 5.75 Å². The van der Waals surface area contributed by atoms with E-state index in [4.69, 9.17) is 27.9 Å². The van der Waals surface area contributed by atoms with Crippen molar-refractivity contribution < 1.29 is 9.53 Å². The van der Waals surface area contributed by atoms with E-state index in [0.717, 1.165) is 50.9 Å². The van der Waals surface area contributed by atoms with Crippen LogP contribution in [0.25, 0.3) is 0 Å². The number of hydrogen-bond donors (Lipinski definition) is 1. The third-order valence-electron chi connectivity index (χ3n) is 4.85. The number of nitrogens with zero attached hydrogens (tertiary/aromatic N) is 1. The summed E-state index contributed by atoms with van der Waals surface area (Å²) in [6, 6.07) is 5.13. The quantitative estimate of drug-likeness (QED) is 0.900. The maximum absolute atomic E-state index is 12.4. The van der Waals surface area contributed by atoms with Gasteiger partial charge in [0.1, 0.15) is 5.75 Å². The Hall–Kier alpha value is -0.970. The molecule has 126 valence electrons. The Bertz CT molecular complexity index is 554. The molecule has 1 amide bonds. The molecule has 2 aliphatic rings. The summed E-state index contributed by atoms with van der Waals surface area (Å²) in [6.07, 6.45) is 2.61. The van der Waals surface area contributed by atoms with Crippen LogP contribution in [-0.2, 0) is 4.79 Å². The van der Waals surface area contributed by atoms with Crippen LogP contribution in [-0.4, -0.2) is 43.6 Å². The third kappa shape index (κ3) is 4.31. The normalized spacial score (nSPS) is 24.2. The minimum atomic E-state index is 0.179. The lowest BCUT2D eigenvalue weighted by Gasteiger charge is -2.21. The maximum Gasteiger partial charge on any atom is 0.225 e. The van der Waals surface area contributed by atoms with Gasteiger partial charge in [0.15, 0.2) is 0 Å². The van der Waals surface area contributed by atoms with Crippen LogP contribution < -0.4 is 10.1 Å². The Balaban J connectivity index is 1.44. The number of rotatable bonds is 4. The second-order valence-electron chi connectivity index (χ2n) is 6.31. The maximum atomic E-state index is 12.4. The van der Waals surface area contributed by atoms with E-state index >= 15 is 0 Å². The SMILES string of the molecule is O=C(CCOc1ccc(Cl)c(Cl)c1)N1CC[C@@H]2CNC[C@@H]2CC1. The van der Waals surface area contributed by atoms with Crippen molar-refractivity contribution in [2.75, 3.05) is 32.8 Å². The van der Waals surface area contributed by atoms with Crippen LogP contribution in [0.3, 0.4) is 0 Å². The molecule has 6 heteroatoms. The van der Waals surface area contributed by atoms with Gasteiger partial charge in [0.25, 0.3) is 0 Å². The molecule has 0 aliphatic carbocycles. The first kappa shape index (κ1) is 16.9. The van der Waals surface area contributed by atoms with Gasteiger partial charge in [-0.05, 0) is 49.9 Å². The minimum absolute atomic E-state index is 0.179. The smallest absolute Gasteiger partial charge is 0.225 e. The third-order valence-corrected chi connectivity index (χ3v) is 5.59. The number of carbonyl (C=O) groups is 1. The molecule has 1 aromatic carbocycles. The molecule has 2 fully saturated rings. The first-order valence-electron chi connectivity index (χ1n) is 8.20. The van der Waals surface area contributed by atoms with Crippen molar-refractivity contribution in [2.45, 2.75) is 19.3 Å². The van der Waals surface area contributed by atoms with Crippen molar-refractivity contribution in [3.8, 4) is 5.75 Å². The Morgan fingerprint density at radius 1 is 1.17 bits per heavy atom. The van der Waals surface area contributed by atoms with Gasteiger partial charge in [0, 0.05) is 19.2 Å². The van der Waals surface area contributed by atoms with Gasteiger partial charge in [0.2, 0.25) is 5.91 Å². The molecule has 0 bridgehead atoms. The van der Waals surface area contributed by atoms with E-state index in [-0.39, 0.29) is 5.91 Å². The lowest BCUT2D eigenvalue weighted by atomic mass is 9.92. The zero-order chi connectivity index (χ0) is 16.2. The monoisotopic (exact) mass is 356 g/mol. The van der Waals surface area contributed by atoms with Crippen molar-refractivity contribution in [2.24, 2.45) is 11.8 Å². The summed E-state index contributed by atoms with van der Waals surface area (Å²) >= 11 is 11.8. The molecule has 1 aromatic rings. The van der Waals surface area contributed by atoms with Gasteiger partial charge >= 0.3 is 0 Å². The zero-order valence-corrected chi connectivity index (χ0v) is 14.6. The number of fused-ring (bicyclic) bond motifs is 1. The van der Waals surface area contributed by atoms with Crippen LogP contribution >= 0.6 is 23.2 Å². The van der Waals surface area contributed by atoms with E-state index < -0.39 is 0 Å². The van der Waals surface area contributed by atoms with Gasteiger partial charge in [-0.15, -0.1) is 0 Å². The number of benzene rings is 1. The Labute approximate surface area is 147 Å². The van der Waals surface area contributed by atoms with Crippen molar-refractivity contribution in [3.63, 3.8) is 0 Å². The number of halogens is 2. The Morgan fingerprint density at radius 2 is 1.87 bits per heavy atom. The van der Waals surface area contributed by atoms with E-state index in [2.05, 4.69) is 5.32 Å². The molecule has 2 atom stereocenters. The van der Waals surface area contributed by atoms with E-state index in [1.165, 1.54) is 0 Å². The highest BCUT2D eigenvalue weighted by atomic mass is 35.5. The largest absolute Gasteiger partial charge is 0.493 e. The zero-order valence-electron chi connectivity index (χ0n) is 13.1. The summed E-state index contributed by atoms with van der Waals surface area (Å²) < 4.78 is 5.61. The van der Waals surface area contributed by atoms with Crippen LogP contribution in [0.15, 0.2) is 18.2 Å². The highest BCUT2D eigenvalue weighted by Gasteiger charge is 2.31. The summed E-state index contributed by atoms with van der Waals surface area (Å²) in [5.74, 6) is 2.29. The summed E-state index contributed by atoms with van der Waals surface area (Å²) in [5.41, 5.74) is 0.